The largest absolute Gasteiger partial charge is 0.344 e. The molecule has 0 bridgehead atoms. The first-order valence-corrected chi connectivity index (χ1v) is 9.15. The smallest absolute Gasteiger partial charge is 0.321 e. The van der Waals surface area contributed by atoms with Gasteiger partial charge in [-0.3, -0.25) is 9.69 Å². The number of anilines is 1. The first-order chi connectivity index (χ1) is 13.7. The fraction of sp³-hybridized carbons (Fsp3) is 0.182. The molecular formula is C22H20N4O2. The molecule has 1 aliphatic rings. The van der Waals surface area contributed by atoms with E-state index >= 15 is 0 Å². The molecule has 0 aliphatic carbocycles. The zero-order chi connectivity index (χ0) is 19.3. The fourth-order valence-corrected chi connectivity index (χ4v) is 3.22. The Morgan fingerprint density at radius 3 is 2.71 bits per heavy atom. The zero-order valence-corrected chi connectivity index (χ0v) is 15.3. The van der Waals surface area contributed by atoms with Gasteiger partial charge >= 0.3 is 6.03 Å². The summed E-state index contributed by atoms with van der Waals surface area (Å²) in [6.07, 6.45) is 1.91. The van der Waals surface area contributed by atoms with Gasteiger partial charge in [0.05, 0.1) is 6.54 Å². The molecule has 140 valence electrons. The van der Waals surface area contributed by atoms with E-state index in [4.69, 9.17) is 0 Å². The third kappa shape index (κ3) is 3.84. The first-order valence-electron chi connectivity index (χ1n) is 9.15. The van der Waals surface area contributed by atoms with Gasteiger partial charge in [-0.1, -0.05) is 30.0 Å². The Kier molecular flexibility index (Phi) is 4.98. The second kappa shape index (κ2) is 7.89. The van der Waals surface area contributed by atoms with Crippen molar-refractivity contribution >= 4 is 28.5 Å². The number of hydrogen-bond donors (Lipinski definition) is 2. The number of nitrogens with zero attached hydrogens (tertiary/aromatic N) is 2. The van der Waals surface area contributed by atoms with Gasteiger partial charge in [-0.2, -0.15) is 0 Å². The van der Waals surface area contributed by atoms with Crippen LogP contribution >= 0.6 is 0 Å². The molecule has 6 heteroatoms. The lowest BCUT2D eigenvalue weighted by molar-refractivity contribution is -0.121. The number of amides is 3. The molecule has 3 amide bonds. The van der Waals surface area contributed by atoms with Crippen molar-refractivity contribution in [1.82, 2.24) is 15.2 Å². The summed E-state index contributed by atoms with van der Waals surface area (Å²) in [6.45, 7) is 1.89. The molecule has 2 heterocycles. The van der Waals surface area contributed by atoms with Crippen molar-refractivity contribution in [2.24, 2.45) is 0 Å². The summed E-state index contributed by atoms with van der Waals surface area (Å²) in [7, 11) is 0. The second-order valence-electron chi connectivity index (χ2n) is 6.51. The van der Waals surface area contributed by atoms with Crippen LogP contribution < -0.4 is 15.5 Å². The molecule has 0 atom stereocenters. The van der Waals surface area contributed by atoms with E-state index in [2.05, 4.69) is 22.5 Å². The Hall–Kier alpha value is -3.72. The van der Waals surface area contributed by atoms with Gasteiger partial charge < -0.3 is 15.2 Å². The number of urea groups is 1. The van der Waals surface area contributed by atoms with Gasteiger partial charge in [0.25, 0.3) is 0 Å². The van der Waals surface area contributed by atoms with Crippen LogP contribution in [0.15, 0.2) is 60.8 Å². The van der Waals surface area contributed by atoms with Crippen LogP contribution in [0.25, 0.3) is 10.9 Å². The van der Waals surface area contributed by atoms with Gasteiger partial charge in [0.1, 0.15) is 6.54 Å². The quantitative estimate of drug-likeness (QED) is 0.691. The van der Waals surface area contributed by atoms with E-state index in [9.17, 15) is 9.59 Å². The number of nitrogens with one attached hydrogen (secondary N) is 2. The molecule has 6 nitrogen and oxygen atoms in total. The topological polar surface area (TPSA) is 66.4 Å². The first kappa shape index (κ1) is 17.7. The Morgan fingerprint density at radius 2 is 1.93 bits per heavy atom. The average Bonchev–Trinajstić information content (AvgIpc) is 3.32. The summed E-state index contributed by atoms with van der Waals surface area (Å²) >= 11 is 0. The summed E-state index contributed by atoms with van der Waals surface area (Å²) in [4.78, 5) is 25.5. The molecule has 3 aromatic rings. The average molecular weight is 372 g/mol. The van der Waals surface area contributed by atoms with Crippen LogP contribution in [0.4, 0.5) is 10.5 Å². The summed E-state index contributed by atoms with van der Waals surface area (Å²) in [5.74, 6) is 5.91. The molecule has 0 unspecified atom stereocenters. The third-order valence-electron chi connectivity index (χ3n) is 4.64. The highest BCUT2D eigenvalue weighted by atomic mass is 16.2. The minimum Gasteiger partial charge on any atom is -0.344 e. The Morgan fingerprint density at radius 1 is 1.11 bits per heavy atom. The molecule has 0 spiro atoms. The van der Waals surface area contributed by atoms with Crippen LogP contribution in [0.1, 0.15) is 5.56 Å². The predicted molar refractivity (Wildman–Crippen MR) is 109 cm³/mol. The van der Waals surface area contributed by atoms with Gasteiger partial charge in [-0.25, -0.2) is 4.79 Å². The minimum atomic E-state index is -0.0777. The van der Waals surface area contributed by atoms with Crippen LogP contribution in [0.3, 0.4) is 0 Å². The molecule has 4 rings (SSSR count). The van der Waals surface area contributed by atoms with Crippen molar-refractivity contribution in [2.75, 3.05) is 24.5 Å². The monoisotopic (exact) mass is 372 g/mol. The van der Waals surface area contributed by atoms with E-state index in [1.54, 1.807) is 4.90 Å². The SMILES string of the molecule is O=C(Cn1ccc2ccccc21)NCC#Cc1ccc(N2CCNC2=O)cc1. The number of benzene rings is 2. The van der Waals surface area contributed by atoms with Crippen LogP contribution in [-0.4, -0.2) is 36.1 Å². The van der Waals surface area contributed by atoms with Crippen molar-refractivity contribution in [3.05, 3.63) is 66.4 Å². The Labute approximate surface area is 163 Å². The van der Waals surface area contributed by atoms with Gasteiger partial charge in [-0.05, 0) is 41.8 Å². The van der Waals surface area contributed by atoms with Gasteiger partial charge in [0.15, 0.2) is 0 Å². The maximum absolute atomic E-state index is 12.1. The van der Waals surface area contributed by atoms with Gasteiger partial charge in [-0.15, -0.1) is 0 Å². The molecule has 1 fully saturated rings. The lowest BCUT2D eigenvalue weighted by atomic mass is 10.2. The molecule has 0 radical (unpaired) electrons. The van der Waals surface area contributed by atoms with E-state index in [0.717, 1.165) is 22.2 Å². The van der Waals surface area contributed by atoms with Crippen LogP contribution in [0, 0.1) is 11.8 Å². The molecule has 0 saturated carbocycles. The number of fused-ring (bicyclic) bond motifs is 1. The third-order valence-corrected chi connectivity index (χ3v) is 4.64. The normalized spacial score (nSPS) is 13.1. The zero-order valence-electron chi connectivity index (χ0n) is 15.3. The lowest BCUT2D eigenvalue weighted by Crippen LogP contribution is -2.27. The highest BCUT2D eigenvalue weighted by molar-refractivity contribution is 5.94. The molecule has 1 aromatic heterocycles. The van der Waals surface area contributed by atoms with E-state index in [0.29, 0.717) is 13.1 Å². The van der Waals surface area contributed by atoms with Crippen LogP contribution in [0.2, 0.25) is 0 Å². The van der Waals surface area contributed by atoms with Crippen molar-refractivity contribution in [3.8, 4) is 11.8 Å². The standard InChI is InChI=1S/C22H20N4O2/c27-21(16-25-14-11-18-5-1-2-6-20(18)25)23-12-3-4-17-7-9-19(10-8-17)26-15-13-24-22(26)28/h1-2,5-11,14H,12-13,15-16H2,(H,23,27)(H,24,28). The van der Waals surface area contributed by atoms with Gasteiger partial charge in [0.2, 0.25) is 5.91 Å². The Bertz CT molecular complexity index is 1070. The van der Waals surface area contributed by atoms with E-state index in [1.165, 1.54) is 0 Å². The number of carbonyl (C=O) groups excluding carboxylic acids is 2. The minimum absolute atomic E-state index is 0.0722. The molecule has 2 aromatic carbocycles. The van der Waals surface area contributed by atoms with Crippen molar-refractivity contribution in [3.63, 3.8) is 0 Å². The summed E-state index contributed by atoms with van der Waals surface area (Å²) in [5.41, 5.74) is 2.73. The van der Waals surface area contributed by atoms with E-state index in [1.807, 2.05) is 65.4 Å². The maximum Gasteiger partial charge on any atom is 0.321 e. The highest BCUT2D eigenvalue weighted by Gasteiger charge is 2.20. The summed E-state index contributed by atoms with van der Waals surface area (Å²) in [5, 5.41) is 6.72. The number of carbonyl (C=O) groups is 2. The van der Waals surface area contributed by atoms with Gasteiger partial charge in [0, 0.05) is 36.1 Å². The van der Waals surface area contributed by atoms with Crippen LogP contribution in [0.5, 0.6) is 0 Å². The summed E-state index contributed by atoms with van der Waals surface area (Å²) < 4.78 is 1.92. The fourth-order valence-electron chi connectivity index (χ4n) is 3.22. The second-order valence-corrected chi connectivity index (χ2v) is 6.51. The number of hydrogen-bond acceptors (Lipinski definition) is 2. The number of para-hydroxylation sites is 1. The molecule has 2 N–H and O–H groups in total. The van der Waals surface area contributed by atoms with Crippen LogP contribution in [-0.2, 0) is 11.3 Å². The van der Waals surface area contributed by atoms with E-state index in [-0.39, 0.29) is 25.0 Å². The number of aromatic nitrogens is 1. The molecule has 28 heavy (non-hydrogen) atoms. The molecular weight excluding hydrogens is 352 g/mol. The number of rotatable bonds is 4. The van der Waals surface area contributed by atoms with Crippen molar-refractivity contribution in [2.45, 2.75) is 6.54 Å². The summed E-state index contributed by atoms with van der Waals surface area (Å²) in [6, 6.07) is 17.4. The highest BCUT2D eigenvalue weighted by Crippen LogP contribution is 2.17. The van der Waals surface area contributed by atoms with Crippen molar-refractivity contribution < 1.29 is 9.59 Å². The Balaban J connectivity index is 1.30. The predicted octanol–water partition coefficient (Wildman–Crippen LogP) is 2.34. The maximum atomic E-state index is 12.1. The molecule has 1 aliphatic heterocycles. The van der Waals surface area contributed by atoms with Crippen molar-refractivity contribution in [1.29, 1.82) is 0 Å². The lowest BCUT2D eigenvalue weighted by Gasteiger charge is -2.13. The molecule has 1 saturated heterocycles. The van der Waals surface area contributed by atoms with E-state index < -0.39 is 0 Å².